The van der Waals surface area contributed by atoms with Crippen molar-refractivity contribution in [2.45, 2.75) is 30.7 Å². The number of rotatable bonds is 6. The summed E-state index contributed by atoms with van der Waals surface area (Å²) in [5, 5.41) is 87.7. The van der Waals surface area contributed by atoms with Gasteiger partial charge in [0.15, 0.2) is 23.0 Å². The number of aliphatic hydroxyl groups excluding tert-OH is 4. The SMILES string of the molecule is O=C(/C=C/c1cc(O)c(O)c(O)c1)c1c(O)cc(O)cc1OC1OC(CO)C(O)C(O)C1O. The van der Waals surface area contributed by atoms with Crippen molar-refractivity contribution >= 4 is 11.9 Å². The van der Waals surface area contributed by atoms with Gasteiger partial charge in [-0.25, -0.2) is 0 Å². The number of hydrogen-bond donors (Lipinski definition) is 9. The molecule has 1 aliphatic rings. The van der Waals surface area contributed by atoms with Crippen LogP contribution in [0.5, 0.6) is 34.5 Å². The predicted molar refractivity (Wildman–Crippen MR) is 109 cm³/mol. The Morgan fingerprint density at radius 2 is 1.55 bits per heavy atom. The highest BCUT2D eigenvalue weighted by Crippen LogP contribution is 2.37. The molecule has 12 nitrogen and oxygen atoms in total. The fourth-order valence-electron chi connectivity index (χ4n) is 3.19. The van der Waals surface area contributed by atoms with Crippen molar-refractivity contribution < 1.29 is 60.2 Å². The first kappa shape index (κ1) is 24.1. The molecule has 0 spiro atoms. The second-order valence-electron chi connectivity index (χ2n) is 7.26. The van der Waals surface area contributed by atoms with Gasteiger partial charge in [-0.15, -0.1) is 0 Å². The molecular formula is C21H22O12. The molecule has 1 fully saturated rings. The highest BCUT2D eigenvalue weighted by Gasteiger charge is 2.45. The molecule has 178 valence electrons. The Morgan fingerprint density at radius 1 is 0.909 bits per heavy atom. The lowest BCUT2D eigenvalue weighted by atomic mass is 9.99. The molecule has 0 radical (unpaired) electrons. The summed E-state index contributed by atoms with van der Waals surface area (Å²) in [5.41, 5.74) is -0.362. The molecule has 5 atom stereocenters. The number of phenols is 5. The predicted octanol–water partition coefficient (Wildman–Crippen LogP) is -0.711. The van der Waals surface area contributed by atoms with Gasteiger partial charge in [-0.05, 0) is 23.8 Å². The van der Waals surface area contributed by atoms with Crippen LogP contribution in [0.4, 0.5) is 0 Å². The minimum atomic E-state index is -1.81. The number of phenolic OH excluding ortho intramolecular Hbond substituents is 5. The zero-order valence-electron chi connectivity index (χ0n) is 16.8. The van der Waals surface area contributed by atoms with Crippen molar-refractivity contribution in [1.29, 1.82) is 0 Å². The Balaban J connectivity index is 1.91. The summed E-state index contributed by atoms with van der Waals surface area (Å²) >= 11 is 0. The van der Waals surface area contributed by atoms with Crippen molar-refractivity contribution in [2.24, 2.45) is 0 Å². The summed E-state index contributed by atoms with van der Waals surface area (Å²) in [6, 6.07) is 3.89. The normalized spacial score (nSPS) is 25.3. The van der Waals surface area contributed by atoms with E-state index in [2.05, 4.69) is 0 Å². The fourth-order valence-corrected chi connectivity index (χ4v) is 3.19. The zero-order valence-corrected chi connectivity index (χ0v) is 16.8. The Labute approximate surface area is 186 Å². The number of hydrogen-bond acceptors (Lipinski definition) is 12. The Bertz CT molecular complexity index is 1040. The first-order valence-corrected chi connectivity index (χ1v) is 9.54. The van der Waals surface area contributed by atoms with Crippen molar-refractivity contribution in [3.8, 4) is 34.5 Å². The van der Waals surface area contributed by atoms with Crippen LogP contribution < -0.4 is 4.74 Å². The van der Waals surface area contributed by atoms with Crippen molar-refractivity contribution in [1.82, 2.24) is 0 Å². The molecule has 1 saturated heterocycles. The standard InChI is InChI=1S/C21H22O12/c22-7-15-18(29)19(30)20(31)21(33-15)32-14-6-9(23)5-11(25)16(14)10(24)2-1-8-3-12(26)17(28)13(27)4-8/h1-6,15,18-23,25-31H,7H2/b2-1+. The maximum absolute atomic E-state index is 12.8. The largest absolute Gasteiger partial charge is 0.508 e. The quantitative estimate of drug-likeness (QED) is 0.146. The number of aliphatic hydroxyl groups is 4. The molecule has 2 aromatic rings. The fraction of sp³-hybridized carbons (Fsp3) is 0.286. The second-order valence-corrected chi connectivity index (χ2v) is 7.26. The lowest BCUT2D eigenvalue weighted by Gasteiger charge is -2.39. The average Bonchev–Trinajstić information content (AvgIpc) is 2.75. The van der Waals surface area contributed by atoms with E-state index in [1.54, 1.807) is 0 Å². The van der Waals surface area contributed by atoms with Crippen LogP contribution in [0.1, 0.15) is 15.9 Å². The molecule has 0 bridgehead atoms. The van der Waals surface area contributed by atoms with E-state index in [1.807, 2.05) is 0 Å². The van der Waals surface area contributed by atoms with Gasteiger partial charge in [-0.2, -0.15) is 0 Å². The molecule has 0 saturated carbocycles. The van der Waals surface area contributed by atoms with Crippen LogP contribution in [-0.4, -0.2) is 89.1 Å². The molecule has 0 amide bonds. The summed E-state index contributed by atoms with van der Waals surface area (Å²) in [6.45, 7) is -0.725. The summed E-state index contributed by atoms with van der Waals surface area (Å²) in [4.78, 5) is 12.8. The zero-order chi connectivity index (χ0) is 24.4. The number of ether oxygens (including phenoxy) is 2. The third-order valence-electron chi connectivity index (χ3n) is 4.92. The monoisotopic (exact) mass is 466 g/mol. The van der Waals surface area contributed by atoms with Gasteiger partial charge in [-0.1, -0.05) is 6.08 Å². The Kier molecular flexibility index (Phi) is 6.95. The summed E-state index contributed by atoms with van der Waals surface area (Å²) < 4.78 is 10.6. The Morgan fingerprint density at radius 3 is 2.15 bits per heavy atom. The molecule has 12 heteroatoms. The van der Waals surface area contributed by atoms with E-state index in [-0.39, 0.29) is 5.56 Å². The van der Waals surface area contributed by atoms with E-state index in [9.17, 15) is 50.8 Å². The van der Waals surface area contributed by atoms with Gasteiger partial charge in [-0.3, -0.25) is 4.79 Å². The summed E-state index contributed by atoms with van der Waals surface area (Å²) in [6.07, 6.45) is -6.14. The first-order chi connectivity index (χ1) is 15.5. The molecular weight excluding hydrogens is 444 g/mol. The lowest BCUT2D eigenvalue weighted by molar-refractivity contribution is -0.277. The molecule has 0 aliphatic carbocycles. The van der Waals surface area contributed by atoms with E-state index in [1.165, 1.54) is 0 Å². The number of ketones is 1. The average molecular weight is 466 g/mol. The molecule has 5 unspecified atom stereocenters. The molecule has 0 aromatic heterocycles. The Hall–Kier alpha value is -3.55. The van der Waals surface area contributed by atoms with Gasteiger partial charge in [0.1, 0.15) is 47.2 Å². The molecule has 3 rings (SSSR count). The lowest BCUT2D eigenvalue weighted by Crippen LogP contribution is -2.60. The van der Waals surface area contributed by atoms with Gasteiger partial charge >= 0.3 is 0 Å². The van der Waals surface area contributed by atoms with Gasteiger partial charge in [0.2, 0.25) is 6.29 Å². The number of benzene rings is 2. The third-order valence-corrected chi connectivity index (χ3v) is 4.92. The molecule has 2 aromatic carbocycles. The van der Waals surface area contributed by atoms with Gasteiger partial charge in [0.05, 0.1) is 6.61 Å². The van der Waals surface area contributed by atoms with Crippen LogP contribution >= 0.6 is 0 Å². The summed E-state index contributed by atoms with van der Waals surface area (Å²) in [7, 11) is 0. The smallest absolute Gasteiger partial charge is 0.229 e. The first-order valence-electron chi connectivity index (χ1n) is 9.54. The van der Waals surface area contributed by atoms with Crippen LogP contribution in [0.25, 0.3) is 6.08 Å². The van der Waals surface area contributed by atoms with Crippen LogP contribution in [-0.2, 0) is 4.74 Å². The van der Waals surface area contributed by atoms with Crippen LogP contribution in [0.15, 0.2) is 30.3 Å². The minimum Gasteiger partial charge on any atom is -0.508 e. The highest BCUT2D eigenvalue weighted by atomic mass is 16.7. The van der Waals surface area contributed by atoms with Crippen LogP contribution in [0.2, 0.25) is 0 Å². The van der Waals surface area contributed by atoms with Crippen LogP contribution in [0, 0.1) is 0 Å². The van der Waals surface area contributed by atoms with Gasteiger partial charge in [0.25, 0.3) is 0 Å². The van der Waals surface area contributed by atoms with Crippen molar-refractivity contribution in [2.75, 3.05) is 6.61 Å². The topological polar surface area (TPSA) is 218 Å². The maximum Gasteiger partial charge on any atom is 0.229 e. The number of carbonyl (C=O) groups excluding carboxylic acids is 1. The maximum atomic E-state index is 12.8. The van der Waals surface area contributed by atoms with E-state index >= 15 is 0 Å². The van der Waals surface area contributed by atoms with Crippen molar-refractivity contribution in [3.05, 3.63) is 41.5 Å². The van der Waals surface area contributed by atoms with E-state index in [0.717, 1.165) is 36.4 Å². The number of allylic oxidation sites excluding steroid dienone is 1. The van der Waals surface area contributed by atoms with Crippen molar-refractivity contribution in [3.63, 3.8) is 0 Å². The molecule has 9 N–H and O–H groups in total. The molecule has 33 heavy (non-hydrogen) atoms. The van der Waals surface area contributed by atoms with Gasteiger partial charge < -0.3 is 55.4 Å². The van der Waals surface area contributed by atoms with E-state index in [0.29, 0.717) is 0 Å². The molecule has 1 aliphatic heterocycles. The number of aromatic hydroxyl groups is 5. The summed E-state index contributed by atoms with van der Waals surface area (Å²) in [5.74, 6) is -4.57. The van der Waals surface area contributed by atoms with Gasteiger partial charge in [0, 0.05) is 12.1 Å². The second kappa shape index (κ2) is 9.52. The van der Waals surface area contributed by atoms with Crippen LogP contribution in [0.3, 0.4) is 0 Å². The van der Waals surface area contributed by atoms with E-state index < -0.39 is 83.2 Å². The highest BCUT2D eigenvalue weighted by molar-refractivity contribution is 6.10. The molecule has 1 heterocycles. The van der Waals surface area contributed by atoms with E-state index in [4.69, 9.17) is 9.47 Å². The third kappa shape index (κ3) is 4.94. The number of carbonyl (C=O) groups is 1. The minimum absolute atomic E-state index is 0.117.